The van der Waals surface area contributed by atoms with Gasteiger partial charge < -0.3 is 0 Å². The van der Waals surface area contributed by atoms with E-state index in [4.69, 9.17) is 0 Å². The highest BCUT2D eigenvalue weighted by atomic mass is 16.2. The largest absolute Gasteiger partial charge is 0.292 e. The number of amides is 2. The number of imide groups is 1. The van der Waals surface area contributed by atoms with Gasteiger partial charge in [-0.1, -0.05) is 18.9 Å². The molecule has 3 heteroatoms. The third-order valence-electron chi connectivity index (χ3n) is 3.26. The summed E-state index contributed by atoms with van der Waals surface area (Å²) in [7, 11) is 0. The predicted octanol–water partition coefficient (Wildman–Crippen LogP) is 1.54. The maximum absolute atomic E-state index is 11.4. The number of rotatable bonds is 1. The Kier molecular flexibility index (Phi) is 2.40. The van der Waals surface area contributed by atoms with Crippen LogP contribution in [0.15, 0.2) is 11.1 Å². The Morgan fingerprint density at radius 2 is 2.21 bits per heavy atom. The molecule has 14 heavy (non-hydrogen) atoms. The molecule has 1 unspecified atom stereocenters. The highest BCUT2D eigenvalue weighted by Gasteiger charge is 2.30. The van der Waals surface area contributed by atoms with E-state index < -0.39 is 0 Å². The van der Waals surface area contributed by atoms with E-state index in [9.17, 15) is 9.59 Å². The number of carbonyl (C=O) groups excluding carboxylic acids is 2. The lowest BCUT2D eigenvalue weighted by Gasteiger charge is -2.02. The van der Waals surface area contributed by atoms with Gasteiger partial charge in [0.1, 0.15) is 0 Å². The molecule has 1 N–H and O–H groups in total. The van der Waals surface area contributed by atoms with Gasteiger partial charge in [-0.15, -0.1) is 0 Å². The molecule has 1 saturated carbocycles. The molecule has 0 aromatic carbocycles. The average molecular weight is 193 g/mol. The van der Waals surface area contributed by atoms with E-state index in [1.807, 2.05) is 0 Å². The summed E-state index contributed by atoms with van der Waals surface area (Å²) in [6, 6.07) is 0. The summed E-state index contributed by atoms with van der Waals surface area (Å²) in [4.78, 5) is 22.4. The van der Waals surface area contributed by atoms with Crippen molar-refractivity contribution in [3.05, 3.63) is 11.1 Å². The van der Waals surface area contributed by atoms with Crippen LogP contribution in [0.5, 0.6) is 0 Å². The number of nitrogens with one attached hydrogen (secondary N) is 1. The van der Waals surface area contributed by atoms with Crippen molar-refractivity contribution in [1.29, 1.82) is 0 Å². The van der Waals surface area contributed by atoms with E-state index in [1.165, 1.54) is 18.4 Å². The van der Waals surface area contributed by atoms with Crippen LogP contribution in [0, 0.1) is 5.92 Å². The third kappa shape index (κ3) is 1.59. The van der Waals surface area contributed by atoms with Crippen LogP contribution >= 0.6 is 0 Å². The van der Waals surface area contributed by atoms with Crippen LogP contribution in [0.25, 0.3) is 0 Å². The van der Waals surface area contributed by atoms with Crippen LogP contribution in [0.1, 0.15) is 39.0 Å². The quantitative estimate of drug-likeness (QED) is 0.507. The second kappa shape index (κ2) is 3.56. The smallest absolute Gasteiger partial charge is 0.254 e. The van der Waals surface area contributed by atoms with Gasteiger partial charge in [0.05, 0.1) is 6.42 Å². The highest BCUT2D eigenvalue weighted by Crippen LogP contribution is 2.35. The Balaban J connectivity index is 2.17. The lowest BCUT2D eigenvalue weighted by molar-refractivity contribution is -0.124. The maximum Gasteiger partial charge on any atom is 0.254 e. The minimum absolute atomic E-state index is 0.141. The molecule has 1 atom stereocenters. The molecule has 1 aliphatic heterocycles. The van der Waals surface area contributed by atoms with Crippen molar-refractivity contribution in [2.24, 2.45) is 5.92 Å². The third-order valence-corrected chi connectivity index (χ3v) is 3.26. The summed E-state index contributed by atoms with van der Waals surface area (Å²) >= 11 is 0. The van der Waals surface area contributed by atoms with Crippen molar-refractivity contribution in [3.63, 3.8) is 0 Å². The first-order valence-electron chi connectivity index (χ1n) is 5.25. The molecule has 1 aliphatic carbocycles. The summed E-state index contributed by atoms with van der Waals surface area (Å²) < 4.78 is 0. The standard InChI is InChI=1S/C11H15NO2/c1-2-7-3-4-8(5-7)9-6-10(13)12-11(9)14/h7H,2-6H2,1H3,(H,12,13,14). The molecule has 2 aliphatic rings. The SMILES string of the molecule is CCC1CCC(=C2CC(=O)NC2=O)C1. The monoisotopic (exact) mass is 193 g/mol. The van der Waals surface area contributed by atoms with Gasteiger partial charge in [0.25, 0.3) is 5.91 Å². The molecule has 2 rings (SSSR count). The molecule has 2 fully saturated rings. The van der Waals surface area contributed by atoms with E-state index >= 15 is 0 Å². The average Bonchev–Trinajstić information content (AvgIpc) is 2.71. The van der Waals surface area contributed by atoms with Crippen molar-refractivity contribution in [1.82, 2.24) is 5.32 Å². The molecule has 0 aromatic rings. The van der Waals surface area contributed by atoms with Crippen molar-refractivity contribution in [3.8, 4) is 0 Å². The lowest BCUT2D eigenvalue weighted by atomic mass is 10.0. The minimum atomic E-state index is -0.151. The molecular weight excluding hydrogens is 178 g/mol. The van der Waals surface area contributed by atoms with Gasteiger partial charge in [0, 0.05) is 5.57 Å². The van der Waals surface area contributed by atoms with Crippen molar-refractivity contribution in [2.45, 2.75) is 39.0 Å². The maximum atomic E-state index is 11.4. The Morgan fingerprint density at radius 3 is 2.71 bits per heavy atom. The van der Waals surface area contributed by atoms with E-state index in [2.05, 4.69) is 12.2 Å². The molecule has 0 radical (unpaired) electrons. The Bertz CT molecular complexity index is 317. The first-order chi connectivity index (χ1) is 6.70. The van der Waals surface area contributed by atoms with Crippen molar-refractivity contribution < 1.29 is 9.59 Å². The van der Waals surface area contributed by atoms with Crippen LogP contribution < -0.4 is 5.32 Å². The normalized spacial score (nSPS) is 32.5. The minimum Gasteiger partial charge on any atom is -0.292 e. The number of hydrogen-bond acceptors (Lipinski definition) is 2. The van der Waals surface area contributed by atoms with Crippen LogP contribution in [0.3, 0.4) is 0 Å². The zero-order valence-corrected chi connectivity index (χ0v) is 8.43. The molecule has 3 nitrogen and oxygen atoms in total. The zero-order valence-electron chi connectivity index (χ0n) is 8.43. The van der Waals surface area contributed by atoms with Crippen LogP contribution in [0.2, 0.25) is 0 Å². The highest BCUT2D eigenvalue weighted by molar-refractivity contribution is 6.13. The second-order valence-electron chi connectivity index (χ2n) is 4.15. The molecule has 2 amide bonds. The summed E-state index contributed by atoms with van der Waals surface area (Å²) in [5.74, 6) is 0.431. The van der Waals surface area contributed by atoms with E-state index in [1.54, 1.807) is 0 Å². The van der Waals surface area contributed by atoms with Gasteiger partial charge >= 0.3 is 0 Å². The molecule has 0 aromatic heterocycles. The van der Waals surface area contributed by atoms with Gasteiger partial charge in [-0.25, -0.2) is 0 Å². The van der Waals surface area contributed by atoms with Gasteiger partial charge in [-0.2, -0.15) is 0 Å². The summed E-state index contributed by atoms with van der Waals surface area (Å²) in [5.41, 5.74) is 1.98. The number of carbonyl (C=O) groups is 2. The molecule has 1 saturated heterocycles. The Labute approximate surface area is 83.6 Å². The van der Waals surface area contributed by atoms with Crippen LogP contribution in [-0.4, -0.2) is 11.8 Å². The molecule has 0 bridgehead atoms. The first-order valence-corrected chi connectivity index (χ1v) is 5.25. The summed E-state index contributed by atoms with van der Waals surface area (Å²) in [5, 5.41) is 2.34. The van der Waals surface area contributed by atoms with Gasteiger partial charge in [0.15, 0.2) is 0 Å². The molecule has 0 spiro atoms. The summed E-state index contributed by atoms with van der Waals surface area (Å²) in [6.45, 7) is 2.18. The number of hydrogen-bond donors (Lipinski definition) is 1. The lowest BCUT2D eigenvalue weighted by Crippen LogP contribution is -2.19. The zero-order chi connectivity index (χ0) is 10.1. The molecule has 1 heterocycles. The van der Waals surface area contributed by atoms with Gasteiger partial charge in [-0.3, -0.25) is 14.9 Å². The number of allylic oxidation sites excluding steroid dienone is 1. The van der Waals surface area contributed by atoms with Gasteiger partial charge in [-0.05, 0) is 25.2 Å². The Hall–Kier alpha value is -1.12. The van der Waals surface area contributed by atoms with E-state index in [0.29, 0.717) is 6.42 Å². The first kappa shape index (κ1) is 9.44. The van der Waals surface area contributed by atoms with Crippen molar-refractivity contribution >= 4 is 11.8 Å². The summed E-state index contributed by atoms with van der Waals surface area (Å²) in [6.07, 6.45) is 4.69. The van der Waals surface area contributed by atoms with Crippen LogP contribution in [-0.2, 0) is 9.59 Å². The van der Waals surface area contributed by atoms with E-state index in [-0.39, 0.29) is 11.8 Å². The Morgan fingerprint density at radius 1 is 1.43 bits per heavy atom. The topological polar surface area (TPSA) is 46.2 Å². The van der Waals surface area contributed by atoms with E-state index in [0.717, 1.165) is 24.3 Å². The van der Waals surface area contributed by atoms with Crippen LogP contribution in [0.4, 0.5) is 0 Å². The van der Waals surface area contributed by atoms with Gasteiger partial charge in [0.2, 0.25) is 5.91 Å². The predicted molar refractivity (Wildman–Crippen MR) is 52.4 cm³/mol. The molecule has 76 valence electrons. The fourth-order valence-electron chi connectivity index (χ4n) is 2.33. The fourth-order valence-corrected chi connectivity index (χ4v) is 2.33. The fraction of sp³-hybridized carbons (Fsp3) is 0.636. The van der Waals surface area contributed by atoms with Crippen molar-refractivity contribution in [2.75, 3.05) is 0 Å². The second-order valence-corrected chi connectivity index (χ2v) is 4.15. The molecular formula is C11H15NO2.